The average molecular weight is 428 g/mol. The van der Waals surface area contributed by atoms with E-state index in [-0.39, 0.29) is 0 Å². The van der Waals surface area contributed by atoms with Gasteiger partial charge in [0.25, 0.3) is 0 Å². The van der Waals surface area contributed by atoms with Crippen molar-refractivity contribution in [2.75, 3.05) is 0 Å². The molecule has 6 aromatic rings. The molecule has 0 atom stereocenters. The highest BCUT2D eigenvalue weighted by atomic mass is 31.1. The SMILES string of the molecule is c1ccc(P(c2ccccc2)c2nccn2-c2c3ccccc3cc3ccccc23)cc1. The van der Waals surface area contributed by atoms with Crippen LogP contribution in [0, 0.1) is 0 Å². The first-order valence-corrected chi connectivity index (χ1v) is 12.1. The second kappa shape index (κ2) is 8.07. The highest BCUT2D eigenvalue weighted by molar-refractivity contribution is 7.79. The normalized spacial score (nSPS) is 11.4. The average Bonchev–Trinajstić information content (AvgIpc) is 3.33. The van der Waals surface area contributed by atoms with Gasteiger partial charge in [0.05, 0.1) is 5.69 Å². The Balaban J connectivity index is 1.67. The molecule has 152 valence electrons. The molecule has 0 aliphatic heterocycles. The number of fused-ring (bicyclic) bond motifs is 2. The molecular formula is C29H21N2P. The van der Waals surface area contributed by atoms with Crippen molar-refractivity contribution < 1.29 is 0 Å². The van der Waals surface area contributed by atoms with Crippen LogP contribution in [-0.4, -0.2) is 9.55 Å². The molecular weight excluding hydrogens is 407 g/mol. The van der Waals surface area contributed by atoms with Gasteiger partial charge in [0.15, 0.2) is 0 Å². The van der Waals surface area contributed by atoms with Gasteiger partial charge in [-0.15, -0.1) is 0 Å². The zero-order chi connectivity index (χ0) is 21.3. The molecule has 6 rings (SSSR count). The number of nitrogens with zero attached hydrogens (tertiary/aromatic N) is 2. The summed E-state index contributed by atoms with van der Waals surface area (Å²) >= 11 is 0. The second-order valence-corrected chi connectivity index (χ2v) is 9.87. The number of hydrogen-bond donors (Lipinski definition) is 0. The molecule has 1 heterocycles. The molecule has 0 aliphatic rings. The zero-order valence-corrected chi connectivity index (χ0v) is 18.4. The van der Waals surface area contributed by atoms with E-state index in [0.717, 1.165) is 5.57 Å². The van der Waals surface area contributed by atoms with Crippen LogP contribution in [0.5, 0.6) is 0 Å². The molecule has 5 aromatic carbocycles. The quantitative estimate of drug-likeness (QED) is 0.251. The predicted molar refractivity (Wildman–Crippen MR) is 137 cm³/mol. The highest BCUT2D eigenvalue weighted by Crippen LogP contribution is 2.36. The topological polar surface area (TPSA) is 17.8 Å². The molecule has 0 fully saturated rings. The molecule has 0 radical (unpaired) electrons. The first-order chi connectivity index (χ1) is 15.9. The number of benzene rings is 5. The molecule has 0 bridgehead atoms. The Morgan fingerprint density at radius 1 is 0.562 bits per heavy atom. The second-order valence-electron chi connectivity index (χ2n) is 7.77. The molecule has 1 aromatic heterocycles. The maximum absolute atomic E-state index is 4.95. The van der Waals surface area contributed by atoms with Crippen LogP contribution >= 0.6 is 7.92 Å². The van der Waals surface area contributed by atoms with Crippen LogP contribution < -0.4 is 16.2 Å². The first-order valence-electron chi connectivity index (χ1n) is 10.7. The summed E-state index contributed by atoms with van der Waals surface area (Å²) < 4.78 is 2.32. The summed E-state index contributed by atoms with van der Waals surface area (Å²) in [5.74, 6) is 0. The van der Waals surface area contributed by atoms with Crippen LogP contribution in [0.25, 0.3) is 27.2 Å². The van der Waals surface area contributed by atoms with E-state index in [4.69, 9.17) is 4.98 Å². The van der Waals surface area contributed by atoms with E-state index in [1.165, 1.54) is 37.8 Å². The maximum Gasteiger partial charge on any atom is 0.145 e. The molecule has 3 heteroatoms. The molecule has 0 unspecified atom stereocenters. The monoisotopic (exact) mass is 428 g/mol. The number of aromatic nitrogens is 2. The minimum Gasteiger partial charge on any atom is -0.298 e. The van der Waals surface area contributed by atoms with E-state index >= 15 is 0 Å². The maximum atomic E-state index is 4.95. The van der Waals surface area contributed by atoms with Crippen LogP contribution in [0.15, 0.2) is 128 Å². The van der Waals surface area contributed by atoms with Crippen molar-refractivity contribution in [3.05, 3.63) is 128 Å². The van der Waals surface area contributed by atoms with Crippen molar-refractivity contribution in [2.45, 2.75) is 0 Å². The number of imidazole rings is 1. The van der Waals surface area contributed by atoms with Crippen LogP contribution in [0.1, 0.15) is 0 Å². The summed E-state index contributed by atoms with van der Waals surface area (Å²) in [5, 5.41) is 7.55. The molecule has 0 saturated heterocycles. The predicted octanol–water partition coefficient (Wildman–Crippen LogP) is 5.94. The van der Waals surface area contributed by atoms with Gasteiger partial charge in [-0.3, -0.25) is 4.57 Å². The summed E-state index contributed by atoms with van der Waals surface area (Å²) in [6, 6.07) is 41.1. The van der Waals surface area contributed by atoms with Gasteiger partial charge in [-0.2, -0.15) is 0 Å². The standard InChI is InChI=1S/C29H21N2P/c1-3-13-24(14-4-1)32(25-15-5-2-6-16-25)29-30-19-20-31(29)28-26-17-9-7-11-22(26)21-23-12-8-10-18-27(23)28/h1-21H. The summed E-state index contributed by atoms with van der Waals surface area (Å²) in [5.41, 5.74) is 2.28. The van der Waals surface area contributed by atoms with E-state index in [9.17, 15) is 0 Å². The zero-order valence-electron chi connectivity index (χ0n) is 17.5. The van der Waals surface area contributed by atoms with Crippen LogP contribution in [0.3, 0.4) is 0 Å². The molecule has 0 aliphatic carbocycles. The lowest BCUT2D eigenvalue weighted by Crippen LogP contribution is -2.27. The van der Waals surface area contributed by atoms with Gasteiger partial charge in [0.2, 0.25) is 0 Å². The van der Waals surface area contributed by atoms with Crippen LogP contribution in [0.2, 0.25) is 0 Å². The van der Waals surface area contributed by atoms with Crippen molar-refractivity contribution in [3.8, 4) is 5.69 Å². The lowest BCUT2D eigenvalue weighted by atomic mass is 10.0. The van der Waals surface area contributed by atoms with Gasteiger partial charge in [-0.1, -0.05) is 109 Å². The van der Waals surface area contributed by atoms with Crippen molar-refractivity contribution >= 4 is 45.6 Å². The smallest absolute Gasteiger partial charge is 0.145 e. The Bertz CT molecular complexity index is 1430. The Morgan fingerprint density at radius 3 is 1.62 bits per heavy atom. The minimum atomic E-state index is -0.812. The summed E-state index contributed by atoms with van der Waals surface area (Å²) in [4.78, 5) is 4.95. The third-order valence-corrected chi connectivity index (χ3v) is 8.19. The first kappa shape index (κ1) is 19.0. The Labute approximate surface area is 188 Å². The van der Waals surface area contributed by atoms with E-state index in [2.05, 4.69) is 126 Å². The lowest BCUT2D eigenvalue weighted by molar-refractivity contribution is 1.13. The Hall–Kier alpha value is -3.74. The van der Waals surface area contributed by atoms with Crippen molar-refractivity contribution in [3.63, 3.8) is 0 Å². The molecule has 0 N–H and O–H groups in total. The van der Waals surface area contributed by atoms with E-state index < -0.39 is 7.92 Å². The van der Waals surface area contributed by atoms with Gasteiger partial charge in [-0.05, 0) is 27.4 Å². The van der Waals surface area contributed by atoms with E-state index in [0.29, 0.717) is 0 Å². The van der Waals surface area contributed by atoms with Gasteiger partial charge >= 0.3 is 0 Å². The number of rotatable bonds is 4. The van der Waals surface area contributed by atoms with E-state index in [1.807, 2.05) is 6.20 Å². The van der Waals surface area contributed by atoms with Crippen LogP contribution in [0.4, 0.5) is 0 Å². The van der Waals surface area contributed by atoms with Gasteiger partial charge < -0.3 is 0 Å². The minimum absolute atomic E-state index is 0.812. The highest BCUT2D eigenvalue weighted by Gasteiger charge is 2.23. The molecule has 32 heavy (non-hydrogen) atoms. The van der Waals surface area contributed by atoms with Crippen LogP contribution in [-0.2, 0) is 0 Å². The molecule has 0 amide bonds. The fourth-order valence-corrected chi connectivity index (χ4v) is 6.68. The molecule has 0 saturated carbocycles. The third kappa shape index (κ3) is 3.21. The lowest BCUT2D eigenvalue weighted by Gasteiger charge is -2.21. The summed E-state index contributed by atoms with van der Waals surface area (Å²) in [7, 11) is -0.812. The van der Waals surface area contributed by atoms with Crippen molar-refractivity contribution in [2.24, 2.45) is 0 Å². The van der Waals surface area contributed by atoms with E-state index in [1.54, 1.807) is 0 Å². The van der Waals surface area contributed by atoms with Gasteiger partial charge in [0, 0.05) is 31.1 Å². The van der Waals surface area contributed by atoms with Crippen molar-refractivity contribution in [1.82, 2.24) is 9.55 Å². The van der Waals surface area contributed by atoms with Gasteiger partial charge in [0.1, 0.15) is 5.57 Å². The molecule has 2 nitrogen and oxygen atoms in total. The third-order valence-electron chi connectivity index (χ3n) is 5.83. The molecule has 0 spiro atoms. The van der Waals surface area contributed by atoms with Gasteiger partial charge in [-0.25, -0.2) is 4.98 Å². The Kier molecular flexibility index (Phi) is 4.79. The summed E-state index contributed by atoms with van der Waals surface area (Å²) in [6.07, 6.45) is 4.05. The Morgan fingerprint density at radius 2 is 1.06 bits per heavy atom. The van der Waals surface area contributed by atoms with Crippen molar-refractivity contribution in [1.29, 1.82) is 0 Å². The number of hydrogen-bond acceptors (Lipinski definition) is 1. The fraction of sp³-hybridized carbons (Fsp3) is 0. The fourth-order valence-electron chi connectivity index (χ4n) is 4.42. The largest absolute Gasteiger partial charge is 0.298 e. The summed E-state index contributed by atoms with van der Waals surface area (Å²) in [6.45, 7) is 0.